The minimum Gasteiger partial charge on any atom is -0.494 e. The maximum Gasteiger partial charge on any atom is 0.279 e. The lowest BCUT2D eigenvalue weighted by Crippen LogP contribution is -2.33. The van der Waals surface area contributed by atoms with E-state index in [9.17, 15) is 9.59 Å². The predicted octanol–water partition coefficient (Wildman–Crippen LogP) is 2.38. The summed E-state index contributed by atoms with van der Waals surface area (Å²) in [4.78, 5) is 29.0. The van der Waals surface area contributed by atoms with Gasteiger partial charge in [-0.15, -0.1) is 0 Å². The first-order valence-corrected chi connectivity index (χ1v) is 8.95. The number of nitrogens with one attached hydrogen (secondary N) is 1. The number of hydrogen-bond acceptors (Lipinski definition) is 5. The number of aromatic nitrogens is 2. The van der Waals surface area contributed by atoms with E-state index in [1.165, 1.54) is 11.8 Å². The van der Waals surface area contributed by atoms with Crippen molar-refractivity contribution in [1.82, 2.24) is 9.55 Å². The van der Waals surface area contributed by atoms with E-state index in [2.05, 4.69) is 10.3 Å². The van der Waals surface area contributed by atoms with Crippen molar-refractivity contribution >= 4 is 23.5 Å². The number of amides is 1. The molecule has 1 aromatic heterocycles. The molecule has 24 heavy (non-hydrogen) atoms. The van der Waals surface area contributed by atoms with Gasteiger partial charge in [0.25, 0.3) is 5.56 Å². The number of carbonyl (C=O) groups excluding carboxylic acids is 1. The number of fused-ring (bicyclic) bond motifs is 1. The normalized spacial score (nSPS) is 16.5. The Hall–Kier alpha value is -2.28. The van der Waals surface area contributed by atoms with Crippen LogP contribution in [0.1, 0.15) is 30.4 Å². The molecule has 0 spiro atoms. The summed E-state index contributed by atoms with van der Waals surface area (Å²) in [7, 11) is 1.80. The van der Waals surface area contributed by atoms with E-state index in [0.717, 1.165) is 5.56 Å². The molecule has 1 aromatic carbocycles. The molecule has 0 aliphatic carbocycles. The second-order valence-electron chi connectivity index (χ2n) is 5.50. The second kappa shape index (κ2) is 6.68. The third-order valence-corrected chi connectivity index (χ3v) is 4.81. The summed E-state index contributed by atoms with van der Waals surface area (Å²) in [6.07, 6.45) is 2.05. The van der Waals surface area contributed by atoms with Crippen molar-refractivity contribution < 1.29 is 9.53 Å². The van der Waals surface area contributed by atoms with E-state index >= 15 is 0 Å². The molecule has 1 amide bonds. The van der Waals surface area contributed by atoms with Gasteiger partial charge in [-0.1, -0.05) is 30.0 Å². The molecule has 1 atom stereocenters. The third kappa shape index (κ3) is 2.80. The van der Waals surface area contributed by atoms with Crippen molar-refractivity contribution in [2.24, 2.45) is 7.05 Å². The van der Waals surface area contributed by atoms with Gasteiger partial charge in [-0.3, -0.25) is 9.59 Å². The lowest BCUT2D eigenvalue weighted by Gasteiger charge is -2.28. The largest absolute Gasteiger partial charge is 0.494 e. The Bertz CT molecular complexity index is 847. The molecular weight excluding hydrogens is 326 g/mol. The van der Waals surface area contributed by atoms with E-state index in [4.69, 9.17) is 4.74 Å². The maximum absolute atomic E-state index is 12.6. The quantitative estimate of drug-likeness (QED) is 0.680. The Kier molecular flexibility index (Phi) is 4.62. The lowest BCUT2D eigenvalue weighted by molar-refractivity contribution is -0.116. The summed E-state index contributed by atoms with van der Waals surface area (Å²) < 4.78 is 7.45. The zero-order valence-corrected chi connectivity index (χ0v) is 14.6. The van der Waals surface area contributed by atoms with Crippen LogP contribution in [-0.2, 0) is 11.8 Å². The fourth-order valence-corrected chi connectivity index (χ4v) is 3.58. The van der Waals surface area contributed by atoms with Crippen LogP contribution in [0, 0.1) is 0 Å². The number of carbonyl (C=O) groups is 1. The zero-order valence-electron chi connectivity index (χ0n) is 13.8. The van der Waals surface area contributed by atoms with Gasteiger partial charge in [-0.25, -0.2) is 0 Å². The fraction of sp³-hybridized carbons (Fsp3) is 0.353. The Morgan fingerprint density at radius 1 is 1.38 bits per heavy atom. The third-order valence-electron chi connectivity index (χ3n) is 4.08. The summed E-state index contributed by atoms with van der Waals surface area (Å²) in [5.74, 6) is 0.735. The van der Waals surface area contributed by atoms with Gasteiger partial charge < -0.3 is 14.6 Å². The van der Waals surface area contributed by atoms with Crippen LogP contribution in [-0.4, -0.2) is 28.3 Å². The van der Waals surface area contributed by atoms with Gasteiger partial charge in [0.15, 0.2) is 5.16 Å². The standard InChI is InChI=1S/C17H19N3O3S/c1-4-23-12-8-6-5-7-10(12)11-9-13(21)18-15-14(11)16(22)19-17(24-3)20(15)2/h5-8,11H,4,9H2,1-3H3,(H,18,21). The van der Waals surface area contributed by atoms with Crippen LogP contribution < -0.4 is 15.6 Å². The molecular formula is C17H19N3O3S. The fourth-order valence-electron chi connectivity index (χ4n) is 3.04. The van der Waals surface area contributed by atoms with Crippen LogP contribution in [0.5, 0.6) is 5.75 Å². The van der Waals surface area contributed by atoms with E-state index in [1.807, 2.05) is 37.4 Å². The van der Waals surface area contributed by atoms with Crippen molar-refractivity contribution in [3.63, 3.8) is 0 Å². The highest BCUT2D eigenvalue weighted by Crippen LogP contribution is 2.39. The molecule has 0 saturated heterocycles. The average Bonchev–Trinajstić information content (AvgIpc) is 2.58. The first kappa shape index (κ1) is 16.6. The first-order valence-electron chi connectivity index (χ1n) is 7.73. The molecule has 7 heteroatoms. The maximum atomic E-state index is 12.6. The second-order valence-corrected chi connectivity index (χ2v) is 6.27. The Morgan fingerprint density at radius 2 is 2.12 bits per heavy atom. The number of para-hydroxylation sites is 1. The van der Waals surface area contributed by atoms with Crippen LogP contribution >= 0.6 is 11.8 Å². The Labute approximate surface area is 144 Å². The monoisotopic (exact) mass is 345 g/mol. The van der Waals surface area contributed by atoms with Gasteiger partial charge in [0.05, 0.1) is 12.2 Å². The van der Waals surface area contributed by atoms with Crippen molar-refractivity contribution in [1.29, 1.82) is 0 Å². The summed E-state index contributed by atoms with van der Waals surface area (Å²) in [5, 5.41) is 3.39. The zero-order chi connectivity index (χ0) is 17.3. The van der Waals surface area contributed by atoms with Gasteiger partial charge >= 0.3 is 0 Å². The number of nitrogens with zero attached hydrogens (tertiary/aromatic N) is 2. The van der Waals surface area contributed by atoms with Gasteiger partial charge in [0, 0.05) is 24.9 Å². The molecule has 0 bridgehead atoms. The van der Waals surface area contributed by atoms with E-state index in [-0.39, 0.29) is 23.8 Å². The molecule has 0 radical (unpaired) electrons. The van der Waals surface area contributed by atoms with E-state index < -0.39 is 0 Å². The minimum absolute atomic E-state index is 0.118. The molecule has 0 fully saturated rings. The molecule has 0 saturated carbocycles. The highest BCUT2D eigenvalue weighted by molar-refractivity contribution is 7.98. The molecule has 2 heterocycles. The van der Waals surface area contributed by atoms with Crippen LogP contribution in [0.4, 0.5) is 5.82 Å². The number of thioether (sulfide) groups is 1. The summed E-state index contributed by atoms with van der Waals surface area (Å²) in [6, 6.07) is 7.53. The van der Waals surface area contributed by atoms with Gasteiger partial charge in [-0.05, 0) is 19.2 Å². The Balaban J connectivity index is 2.22. The topological polar surface area (TPSA) is 73.2 Å². The smallest absolute Gasteiger partial charge is 0.279 e. The first-order chi connectivity index (χ1) is 11.6. The Morgan fingerprint density at radius 3 is 2.83 bits per heavy atom. The molecule has 1 aliphatic rings. The van der Waals surface area contributed by atoms with Crippen LogP contribution in [0.25, 0.3) is 0 Å². The minimum atomic E-state index is -0.362. The SMILES string of the molecule is CCOc1ccccc1C1CC(=O)Nc2c1c(=O)nc(SC)n2C. The predicted molar refractivity (Wildman–Crippen MR) is 94.0 cm³/mol. The summed E-state index contributed by atoms with van der Waals surface area (Å²) in [5.41, 5.74) is 1.05. The molecule has 2 aromatic rings. The number of anilines is 1. The highest BCUT2D eigenvalue weighted by atomic mass is 32.2. The molecule has 126 valence electrons. The van der Waals surface area contributed by atoms with Crippen molar-refractivity contribution in [3.05, 3.63) is 45.7 Å². The molecule has 1 unspecified atom stereocenters. The van der Waals surface area contributed by atoms with Crippen molar-refractivity contribution in [2.45, 2.75) is 24.4 Å². The van der Waals surface area contributed by atoms with Crippen LogP contribution in [0.3, 0.4) is 0 Å². The summed E-state index contributed by atoms with van der Waals surface area (Å²) in [6.45, 7) is 2.42. The van der Waals surface area contributed by atoms with Crippen LogP contribution in [0.2, 0.25) is 0 Å². The van der Waals surface area contributed by atoms with Gasteiger partial charge in [0.2, 0.25) is 5.91 Å². The van der Waals surface area contributed by atoms with Crippen LogP contribution in [0.15, 0.2) is 34.2 Å². The molecule has 1 aliphatic heterocycles. The van der Waals surface area contributed by atoms with E-state index in [0.29, 0.717) is 28.9 Å². The number of ether oxygens (including phenoxy) is 1. The number of benzene rings is 1. The highest BCUT2D eigenvalue weighted by Gasteiger charge is 2.33. The molecule has 1 N–H and O–H groups in total. The van der Waals surface area contributed by atoms with Gasteiger partial charge in [0.1, 0.15) is 11.6 Å². The molecule has 6 nitrogen and oxygen atoms in total. The molecule has 3 rings (SSSR count). The number of rotatable bonds is 4. The average molecular weight is 345 g/mol. The van der Waals surface area contributed by atoms with Crippen molar-refractivity contribution in [2.75, 3.05) is 18.2 Å². The van der Waals surface area contributed by atoms with Crippen molar-refractivity contribution in [3.8, 4) is 5.75 Å². The lowest BCUT2D eigenvalue weighted by atomic mass is 9.86. The number of hydrogen-bond donors (Lipinski definition) is 1. The van der Waals surface area contributed by atoms with E-state index in [1.54, 1.807) is 11.6 Å². The summed E-state index contributed by atoms with van der Waals surface area (Å²) >= 11 is 1.37. The van der Waals surface area contributed by atoms with Gasteiger partial charge in [-0.2, -0.15) is 4.98 Å².